The third kappa shape index (κ3) is 4.53. The third-order valence-electron chi connectivity index (χ3n) is 5.40. The largest absolute Gasteiger partial charge is 0.497 e. The summed E-state index contributed by atoms with van der Waals surface area (Å²) < 4.78 is 5.15. The molecule has 1 aromatic rings. The Hall–Kier alpha value is -2.04. The molecule has 1 aliphatic carbocycles. The van der Waals surface area contributed by atoms with Gasteiger partial charge in [-0.05, 0) is 43.4 Å². The summed E-state index contributed by atoms with van der Waals surface area (Å²) in [5.41, 5.74) is 1.14. The maximum atomic E-state index is 12.5. The predicted molar refractivity (Wildman–Crippen MR) is 96.4 cm³/mol. The Morgan fingerprint density at radius 3 is 2.32 bits per heavy atom. The first-order valence-corrected chi connectivity index (χ1v) is 9.37. The highest BCUT2D eigenvalue weighted by molar-refractivity contribution is 5.80. The molecule has 0 atom stereocenters. The molecule has 5 heteroatoms. The predicted octanol–water partition coefficient (Wildman–Crippen LogP) is 2.49. The number of nitrogens with zero attached hydrogens (tertiary/aromatic N) is 2. The Labute approximate surface area is 149 Å². The fraction of sp³-hybridized carbons (Fsp3) is 0.600. The van der Waals surface area contributed by atoms with E-state index < -0.39 is 0 Å². The molecule has 0 N–H and O–H groups in total. The second kappa shape index (κ2) is 8.37. The number of methoxy groups -OCH3 is 1. The molecule has 2 fully saturated rings. The highest BCUT2D eigenvalue weighted by Crippen LogP contribution is 2.28. The van der Waals surface area contributed by atoms with E-state index in [1.165, 1.54) is 6.42 Å². The Morgan fingerprint density at radius 1 is 1.00 bits per heavy atom. The van der Waals surface area contributed by atoms with Crippen LogP contribution in [0.4, 0.5) is 0 Å². The molecule has 0 spiro atoms. The van der Waals surface area contributed by atoms with Crippen LogP contribution >= 0.6 is 0 Å². The number of aryl methyl sites for hydroxylation is 1. The van der Waals surface area contributed by atoms with Crippen LogP contribution in [0.3, 0.4) is 0 Å². The van der Waals surface area contributed by atoms with Crippen molar-refractivity contribution >= 4 is 11.8 Å². The van der Waals surface area contributed by atoms with Crippen LogP contribution in [0.25, 0.3) is 0 Å². The van der Waals surface area contributed by atoms with Crippen molar-refractivity contribution in [3.63, 3.8) is 0 Å². The van der Waals surface area contributed by atoms with E-state index in [1.807, 2.05) is 34.1 Å². The summed E-state index contributed by atoms with van der Waals surface area (Å²) >= 11 is 0. The summed E-state index contributed by atoms with van der Waals surface area (Å²) in [6, 6.07) is 7.87. The average molecular weight is 344 g/mol. The van der Waals surface area contributed by atoms with E-state index >= 15 is 0 Å². The fourth-order valence-corrected chi connectivity index (χ4v) is 3.50. The second-order valence-electron chi connectivity index (χ2n) is 7.04. The molecule has 5 nitrogen and oxygen atoms in total. The molecule has 25 heavy (non-hydrogen) atoms. The van der Waals surface area contributed by atoms with E-state index in [4.69, 9.17) is 4.74 Å². The lowest BCUT2D eigenvalue weighted by Gasteiger charge is -2.31. The topological polar surface area (TPSA) is 49.9 Å². The molecule has 3 rings (SSSR count). The SMILES string of the molecule is COc1ccc(CCC(=O)N2CCCN(C(=O)C3CCC3)CC2)cc1. The van der Waals surface area contributed by atoms with Gasteiger partial charge in [0.2, 0.25) is 11.8 Å². The smallest absolute Gasteiger partial charge is 0.225 e. The van der Waals surface area contributed by atoms with Crippen LogP contribution in [0, 0.1) is 5.92 Å². The Kier molecular flexibility index (Phi) is 5.95. The molecule has 0 aromatic heterocycles. The Bertz CT molecular complexity index is 595. The Morgan fingerprint density at radius 2 is 1.68 bits per heavy atom. The molecule has 1 saturated heterocycles. The number of rotatable bonds is 5. The van der Waals surface area contributed by atoms with Gasteiger partial charge >= 0.3 is 0 Å². The van der Waals surface area contributed by atoms with E-state index in [1.54, 1.807) is 7.11 Å². The maximum Gasteiger partial charge on any atom is 0.225 e. The first-order valence-electron chi connectivity index (χ1n) is 9.37. The second-order valence-corrected chi connectivity index (χ2v) is 7.04. The van der Waals surface area contributed by atoms with Gasteiger partial charge in [-0.1, -0.05) is 18.6 Å². The van der Waals surface area contributed by atoms with E-state index in [0.717, 1.165) is 50.1 Å². The van der Waals surface area contributed by atoms with E-state index in [0.29, 0.717) is 25.4 Å². The van der Waals surface area contributed by atoms with Crippen molar-refractivity contribution in [1.82, 2.24) is 9.80 Å². The van der Waals surface area contributed by atoms with E-state index in [9.17, 15) is 9.59 Å². The summed E-state index contributed by atoms with van der Waals surface area (Å²) in [7, 11) is 1.65. The van der Waals surface area contributed by atoms with Crippen LogP contribution < -0.4 is 4.74 Å². The standard InChI is InChI=1S/C20H28N2O3/c1-25-18-9-6-16(7-10-18)8-11-19(23)21-12-3-13-22(15-14-21)20(24)17-4-2-5-17/h6-7,9-10,17H,2-5,8,11-15H2,1H3. The summed E-state index contributed by atoms with van der Waals surface area (Å²) in [5, 5.41) is 0. The van der Waals surface area contributed by atoms with Crippen molar-refractivity contribution in [2.24, 2.45) is 5.92 Å². The molecule has 2 aliphatic rings. The zero-order chi connectivity index (χ0) is 17.6. The minimum atomic E-state index is 0.189. The van der Waals surface area contributed by atoms with E-state index in [2.05, 4.69) is 0 Å². The first kappa shape index (κ1) is 17.8. The van der Waals surface area contributed by atoms with Gasteiger partial charge in [-0.2, -0.15) is 0 Å². The molecule has 0 radical (unpaired) electrons. The Balaban J connectivity index is 1.46. The van der Waals surface area contributed by atoms with Gasteiger partial charge in [-0.15, -0.1) is 0 Å². The van der Waals surface area contributed by atoms with Crippen molar-refractivity contribution in [2.45, 2.75) is 38.5 Å². The molecule has 1 heterocycles. The lowest BCUT2D eigenvalue weighted by Crippen LogP contribution is -2.41. The molecular formula is C20H28N2O3. The van der Waals surface area contributed by atoms with Gasteiger partial charge in [-0.25, -0.2) is 0 Å². The molecule has 136 valence electrons. The molecule has 1 aliphatic heterocycles. The number of ether oxygens (including phenoxy) is 1. The highest BCUT2D eigenvalue weighted by atomic mass is 16.5. The van der Waals surface area contributed by atoms with Gasteiger partial charge in [-0.3, -0.25) is 9.59 Å². The third-order valence-corrected chi connectivity index (χ3v) is 5.40. The van der Waals surface area contributed by atoms with E-state index in [-0.39, 0.29) is 11.8 Å². The normalized spacial score (nSPS) is 18.4. The lowest BCUT2D eigenvalue weighted by molar-refractivity contribution is -0.138. The summed E-state index contributed by atoms with van der Waals surface area (Å²) in [4.78, 5) is 28.8. The number of hydrogen-bond donors (Lipinski definition) is 0. The number of amides is 2. The van der Waals surface area contributed by atoms with Gasteiger partial charge in [0, 0.05) is 38.5 Å². The molecule has 1 saturated carbocycles. The van der Waals surface area contributed by atoms with Crippen molar-refractivity contribution < 1.29 is 14.3 Å². The first-order chi connectivity index (χ1) is 12.2. The van der Waals surface area contributed by atoms with Gasteiger partial charge in [0.1, 0.15) is 5.75 Å². The number of carbonyl (C=O) groups excluding carboxylic acids is 2. The van der Waals surface area contributed by atoms with Crippen LogP contribution in [0.5, 0.6) is 5.75 Å². The maximum absolute atomic E-state index is 12.5. The molecule has 0 unspecified atom stereocenters. The monoisotopic (exact) mass is 344 g/mol. The molecular weight excluding hydrogens is 316 g/mol. The molecule has 0 bridgehead atoms. The summed E-state index contributed by atoms with van der Waals surface area (Å²) in [6.07, 6.45) is 5.40. The summed E-state index contributed by atoms with van der Waals surface area (Å²) in [5.74, 6) is 1.57. The highest BCUT2D eigenvalue weighted by Gasteiger charge is 2.30. The van der Waals surface area contributed by atoms with Gasteiger partial charge < -0.3 is 14.5 Å². The zero-order valence-corrected chi connectivity index (χ0v) is 15.1. The van der Waals surface area contributed by atoms with Crippen LogP contribution in [-0.2, 0) is 16.0 Å². The van der Waals surface area contributed by atoms with Gasteiger partial charge in [0.25, 0.3) is 0 Å². The number of benzene rings is 1. The summed E-state index contributed by atoms with van der Waals surface area (Å²) in [6.45, 7) is 2.90. The van der Waals surface area contributed by atoms with Crippen LogP contribution in [0.15, 0.2) is 24.3 Å². The van der Waals surface area contributed by atoms with Crippen LogP contribution in [0.1, 0.15) is 37.7 Å². The van der Waals surface area contributed by atoms with Crippen LogP contribution in [-0.4, -0.2) is 54.9 Å². The average Bonchev–Trinajstić information content (AvgIpc) is 2.85. The quantitative estimate of drug-likeness (QED) is 0.825. The van der Waals surface area contributed by atoms with Gasteiger partial charge in [0.15, 0.2) is 0 Å². The lowest BCUT2D eigenvalue weighted by atomic mass is 9.84. The minimum absolute atomic E-state index is 0.189. The van der Waals surface area contributed by atoms with Crippen molar-refractivity contribution in [2.75, 3.05) is 33.3 Å². The van der Waals surface area contributed by atoms with Gasteiger partial charge in [0.05, 0.1) is 7.11 Å². The number of hydrogen-bond acceptors (Lipinski definition) is 3. The zero-order valence-electron chi connectivity index (χ0n) is 15.1. The van der Waals surface area contributed by atoms with Crippen molar-refractivity contribution in [3.8, 4) is 5.75 Å². The minimum Gasteiger partial charge on any atom is -0.497 e. The number of carbonyl (C=O) groups is 2. The fourth-order valence-electron chi connectivity index (χ4n) is 3.50. The van der Waals surface area contributed by atoms with Crippen molar-refractivity contribution in [3.05, 3.63) is 29.8 Å². The van der Waals surface area contributed by atoms with Crippen molar-refractivity contribution in [1.29, 1.82) is 0 Å². The molecule has 1 aromatic carbocycles. The van der Waals surface area contributed by atoms with Crippen LogP contribution in [0.2, 0.25) is 0 Å². The molecule has 2 amide bonds.